The van der Waals surface area contributed by atoms with Crippen LogP contribution in [0.15, 0.2) is 30.5 Å². The van der Waals surface area contributed by atoms with E-state index >= 15 is 0 Å². The summed E-state index contributed by atoms with van der Waals surface area (Å²) in [7, 11) is 1.81. The van der Waals surface area contributed by atoms with Gasteiger partial charge in [0.05, 0.1) is 10.6 Å². The molecule has 2 aromatic rings. The number of nitro benzene ring substituents is 1. The molecule has 0 atom stereocenters. The molecular formula is C11H11ClN4O2. The molecule has 1 heterocycles. The fourth-order valence-electron chi connectivity index (χ4n) is 1.61. The molecule has 2 rings (SSSR count). The van der Waals surface area contributed by atoms with Crippen molar-refractivity contribution in [2.75, 3.05) is 7.05 Å². The lowest BCUT2D eigenvalue weighted by atomic mass is 10.3. The highest BCUT2D eigenvalue weighted by Gasteiger charge is 2.16. The van der Waals surface area contributed by atoms with Crippen LogP contribution in [0.4, 0.5) is 5.69 Å². The Kier molecular flexibility index (Phi) is 3.59. The second-order valence-corrected chi connectivity index (χ2v) is 4.11. The largest absolute Gasteiger partial charge is 0.314 e. The number of nitro groups is 1. The van der Waals surface area contributed by atoms with Gasteiger partial charge in [-0.1, -0.05) is 11.6 Å². The third-order valence-corrected chi connectivity index (χ3v) is 2.62. The number of hydrogen-bond donors (Lipinski definition) is 1. The zero-order chi connectivity index (χ0) is 13.1. The molecule has 94 valence electrons. The molecule has 1 aromatic carbocycles. The van der Waals surface area contributed by atoms with Gasteiger partial charge in [0, 0.05) is 23.8 Å². The van der Waals surface area contributed by atoms with E-state index in [9.17, 15) is 10.1 Å². The summed E-state index contributed by atoms with van der Waals surface area (Å²) in [5, 5.41) is 18.6. The lowest BCUT2D eigenvalue weighted by molar-refractivity contribution is -0.384. The summed E-state index contributed by atoms with van der Waals surface area (Å²) >= 11 is 5.86. The van der Waals surface area contributed by atoms with E-state index in [0.29, 0.717) is 17.3 Å². The Balaban J connectivity index is 2.47. The Hall–Kier alpha value is -1.92. The maximum atomic E-state index is 10.9. The van der Waals surface area contributed by atoms with E-state index in [1.54, 1.807) is 19.3 Å². The quantitative estimate of drug-likeness (QED) is 0.680. The molecule has 0 aliphatic carbocycles. The molecule has 6 nitrogen and oxygen atoms in total. The minimum Gasteiger partial charge on any atom is -0.314 e. The number of benzene rings is 1. The Bertz CT molecular complexity index is 582. The molecule has 0 amide bonds. The summed E-state index contributed by atoms with van der Waals surface area (Å²) in [6, 6.07) is 6.18. The lowest BCUT2D eigenvalue weighted by Crippen LogP contribution is -2.07. The van der Waals surface area contributed by atoms with Crippen LogP contribution in [0.1, 0.15) is 5.69 Å². The third kappa shape index (κ3) is 2.49. The van der Waals surface area contributed by atoms with Crippen molar-refractivity contribution in [3.8, 4) is 5.69 Å². The van der Waals surface area contributed by atoms with E-state index in [1.807, 2.05) is 0 Å². The van der Waals surface area contributed by atoms with Gasteiger partial charge in [-0.05, 0) is 25.2 Å². The van der Waals surface area contributed by atoms with Crippen molar-refractivity contribution < 1.29 is 4.92 Å². The van der Waals surface area contributed by atoms with E-state index < -0.39 is 4.92 Å². The van der Waals surface area contributed by atoms with Crippen molar-refractivity contribution in [2.45, 2.75) is 6.54 Å². The summed E-state index contributed by atoms with van der Waals surface area (Å²) in [5.41, 5.74) is 1.13. The molecule has 0 bridgehead atoms. The molecule has 0 radical (unpaired) electrons. The summed E-state index contributed by atoms with van der Waals surface area (Å²) in [6.45, 7) is 0.599. The van der Waals surface area contributed by atoms with Gasteiger partial charge in [-0.25, -0.2) is 4.68 Å². The number of nitrogens with one attached hydrogen (secondary N) is 1. The molecule has 0 spiro atoms. The number of rotatable bonds is 4. The maximum Gasteiger partial charge on any atom is 0.294 e. The summed E-state index contributed by atoms with van der Waals surface area (Å²) in [5.74, 6) is 0. The van der Waals surface area contributed by atoms with Crippen molar-refractivity contribution >= 4 is 17.3 Å². The van der Waals surface area contributed by atoms with E-state index in [2.05, 4.69) is 10.4 Å². The molecule has 0 aliphatic heterocycles. The van der Waals surface area contributed by atoms with Gasteiger partial charge in [-0.3, -0.25) is 10.1 Å². The molecule has 1 aromatic heterocycles. The number of aromatic nitrogens is 2. The first-order valence-corrected chi connectivity index (χ1v) is 5.63. The van der Waals surface area contributed by atoms with E-state index in [1.165, 1.54) is 22.9 Å². The lowest BCUT2D eigenvalue weighted by Gasteiger charge is -2.03. The monoisotopic (exact) mass is 266 g/mol. The van der Waals surface area contributed by atoms with Gasteiger partial charge in [0.1, 0.15) is 5.69 Å². The van der Waals surface area contributed by atoms with E-state index in [4.69, 9.17) is 11.6 Å². The molecular weight excluding hydrogens is 256 g/mol. The molecule has 0 aliphatic rings. The van der Waals surface area contributed by atoms with Gasteiger partial charge < -0.3 is 5.32 Å². The van der Waals surface area contributed by atoms with Crippen LogP contribution in [0, 0.1) is 10.1 Å². The smallest absolute Gasteiger partial charge is 0.294 e. The second-order valence-electron chi connectivity index (χ2n) is 3.67. The molecule has 18 heavy (non-hydrogen) atoms. The predicted octanol–water partition coefficient (Wildman–Crippen LogP) is 2.15. The summed E-state index contributed by atoms with van der Waals surface area (Å²) in [6.07, 6.45) is 1.67. The van der Waals surface area contributed by atoms with Gasteiger partial charge >= 0.3 is 0 Å². The van der Waals surface area contributed by atoms with Crippen molar-refractivity contribution in [1.82, 2.24) is 15.1 Å². The van der Waals surface area contributed by atoms with Crippen LogP contribution in [-0.4, -0.2) is 21.8 Å². The van der Waals surface area contributed by atoms with Crippen LogP contribution in [0.25, 0.3) is 5.69 Å². The molecule has 7 heteroatoms. The van der Waals surface area contributed by atoms with Crippen LogP contribution in [0.3, 0.4) is 0 Å². The fraction of sp³-hybridized carbons (Fsp3) is 0.182. The fourth-order valence-corrected chi connectivity index (χ4v) is 1.77. The molecule has 1 N–H and O–H groups in total. The molecule has 0 unspecified atom stereocenters. The third-order valence-electron chi connectivity index (χ3n) is 2.38. The zero-order valence-electron chi connectivity index (χ0n) is 9.63. The van der Waals surface area contributed by atoms with Crippen LogP contribution in [0.2, 0.25) is 5.02 Å². The first-order valence-electron chi connectivity index (χ1n) is 5.25. The van der Waals surface area contributed by atoms with Crippen LogP contribution >= 0.6 is 11.6 Å². The van der Waals surface area contributed by atoms with Gasteiger partial charge in [0.15, 0.2) is 0 Å². The van der Waals surface area contributed by atoms with Crippen LogP contribution < -0.4 is 5.32 Å². The Morgan fingerprint density at radius 3 is 2.94 bits per heavy atom. The summed E-state index contributed by atoms with van der Waals surface area (Å²) < 4.78 is 1.46. The number of hydrogen-bond acceptors (Lipinski definition) is 4. The van der Waals surface area contributed by atoms with Gasteiger partial charge in [0.25, 0.3) is 5.69 Å². The van der Waals surface area contributed by atoms with Crippen molar-refractivity contribution in [3.63, 3.8) is 0 Å². The van der Waals surface area contributed by atoms with Gasteiger partial charge in [0.2, 0.25) is 0 Å². The van der Waals surface area contributed by atoms with Crippen LogP contribution in [-0.2, 0) is 6.54 Å². The predicted molar refractivity (Wildman–Crippen MR) is 68.0 cm³/mol. The SMILES string of the molecule is CNCc1ccn(-c2cc(Cl)ccc2[N+](=O)[O-])n1. The van der Waals surface area contributed by atoms with Gasteiger partial charge in [-0.15, -0.1) is 0 Å². The zero-order valence-corrected chi connectivity index (χ0v) is 10.4. The Labute approximate surface area is 108 Å². The minimum atomic E-state index is -0.453. The maximum absolute atomic E-state index is 10.9. The highest BCUT2D eigenvalue weighted by Crippen LogP contribution is 2.25. The minimum absolute atomic E-state index is 0.0292. The molecule has 0 fully saturated rings. The first kappa shape index (κ1) is 12.5. The first-order chi connectivity index (χ1) is 8.61. The van der Waals surface area contributed by atoms with Crippen molar-refractivity contribution in [2.24, 2.45) is 0 Å². The molecule has 0 saturated carbocycles. The average molecular weight is 267 g/mol. The van der Waals surface area contributed by atoms with Crippen molar-refractivity contribution in [1.29, 1.82) is 0 Å². The highest BCUT2D eigenvalue weighted by molar-refractivity contribution is 6.30. The van der Waals surface area contributed by atoms with E-state index in [-0.39, 0.29) is 5.69 Å². The number of nitrogens with zero attached hydrogens (tertiary/aromatic N) is 3. The van der Waals surface area contributed by atoms with Crippen molar-refractivity contribution in [3.05, 3.63) is 51.3 Å². The Morgan fingerprint density at radius 1 is 1.50 bits per heavy atom. The molecule has 0 saturated heterocycles. The number of halogens is 1. The normalized spacial score (nSPS) is 10.6. The second kappa shape index (κ2) is 5.16. The van der Waals surface area contributed by atoms with Crippen LogP contribution in [0.5, 0.6) is 0 Å². The average Bonchev–Trinajstić information content (AvgIpc) is 2.77. The standard InChI is InChI=1S/C11H11ClN4O2/c1-13-7-9-4-5-15(14-9)11-6-8(12)2-3-10(11)16(17)18/h2-6,13H,7H2,1H3. The summed E-state index contributed by atoms with van der Waals surface area (Å²) in [4.78, 5) is 10.5. The Morgan fingerprint density at radius 2 is 2.28 bits per heavy atom. The topological polar surface area (TPSA) is 73.0 Å². The highest BCUT2D eigenvalue weighted by atomic mass is 35.5. The van der Waals surface area contributed by atoms with E-state index in [0.717, 1.165) is 5.69 Å². The van der Waals surface area contributed by atoms with Gasteiger partial charge in [-0.2, -0.15) is 5.10 Å².